The highest BCUT2D eigenvalue weighted by Crippen LogP contribution is 2.24. The van der Waals surface area contributed by atoms with Gasteiger partial charge in [-0.15, -0.1) is 0 Å². The minimum Gasteiger partial charge on any atom is -0.508 e. The summed E-state index contributed by atoms with van der Waals surface area (Å²) in [6.45, 7) is 3.16. The van der Waals surface area contributed by atoms with Crippen molar-refractivity contribution in [3.05, 3.63) is 30.5 Å². The summed E-state index contributed by atoms with van der Waals surface area (Å²) in [5.74, 6) is -0.128. The summed E-state index contributed by atoms with van der Waals surface area (Å²) in [6.07, 6.45) is 1.45. The van der Waals surface area contributed by atoms with E-state index < -0.39 is 0 Å². The van der Waals surface area contributed by atoms with Crippen molar-refractivity contribution in [1.29, 1.82) is 0 Å². The highest BCUT2D eigenvalue weighted by molar-refractivity contribution is 5.81. The molecular formula is C12H13NO3. The van der Waals surface area contributed by atoms with Gasteiger partial charge in [-0.25, -0.2) is 0 Å². The average molecular weight is 219 g/mol. The smallest absolute Gasteiger partial charge is 0.304 e. The lowest BCUT2D eigenvalue weighted by molar-refractivity contribution is -0.149. The number of aromatic hydroxyl groups is 1. The van der Waals surface area contributed by atoms with Crippen LogP contribution < -0.4 is 0 Å². The Bertz CT molecular complexity index is 530. The molecule has 1 atom stereocenters. The maximum atomic E-state index is 10.9. The zero-order chi connectivity index (χ0) is 11.7. The first kappa shape index (κ1) is 10.5. The van der Waals surface area contributed by atoms with Crippen LogP contribution in [0.1, 0.15) is 20.1 Å². The van der Waals surface area contributed by atoms with Crippen molar-refractivity contribution in [1.82, 2.24) is 4.57 Å². The van der Waals surface area contributed by atoms with Gasteiger partial charge >= 0.3 is 5.97 Å². The van der Waals surface area contributed by atoms with E-state index in [9.17, 15) is 9.90 Å². The summed E-state index contributed by atoms with van der Waals surface area (Å²) < 4.78 is 6.89. The zero-order valence-electron chi connectivity index (χ0n) is 9.18. The number of fused-ring (bicyclic) bond motifs is 1. The molecule has 0 saturated carbocycles. The van der Waals surface area contributed by atoms with Crippen LogP contribution in [-0.4, -0.2) is 15.6 Å². The molecule has 1 aromatic heterocycles. The minimum atomic E-state index is -0.378. The van der Waals surface area contributed by atoms with E-state index >= 15 is 0 Å². The van der Waals surface area contributed by atoms with Gasteiger partial charge in [-0.2, -0.15) is 0 Å². The first-order valence-corrected chi connectivity index (χ1v) is 5.04. The number of hydrogen-bond donors (Lipinski definition) is 1. The third kappa shape index (κ3) is 1.86. The number of carbonyl (C=O) groups excluding carboxylic acids is 1. The molecule has 0 radical (unpaired) electrons. The van der Waals surface area contributed by atoms with E-state index in [-0.39, 0.29) is 17.9 Å². The van der Waals surface area contributed by atoms with Crippen molar-refractivity contribution < 1.29 is 14.6 Å². The van der Waals surface area contributed by atoms with Gasteiger partial charge in [0.2, 0.25) is 0 Å². The van der Waals surface area contributed by atoms with Gasteiger partial charge < -0.3 is 14.4 Å². The second kappa shape index (κ2) is 3.89. The summed E-state index contributed by atoms with van der Waals surface area (Å²) in [5.41, 5.74) is 0.841. The molecule has 0 aliphatic carbocycles. The molecule has 1 heterocycles. The number of rotatable bonds is 2. The minimum absolute atomic E-state index is 0.197. The lowest BCUT2D eigenvalue weighted by atomic mass is 10.2. The van der Waals surface area contributed by atoms with E-state index in [1.54, 1.807) is 23.6 Å². The molecule has 4 heteroatoms. The molecule has 2 rings (SSSR count). The second-order valence-electron chi connectivity index (χ2n) is 3.67. The molecule has 0 amide bonds. The third-order valence-corrected chi connectivity index (χ3v) is 2.44. The lowest BCUT2D eigenvalue weighted by Gasteiger charge is -2.15. The largest absolute Gasteiger partial charge is 0.508 e. The van der Waals surface area contributed by atoms with Gasteiger partial charge in [-0.3, -0.25) is 4.79 Å². The first-order chi connectivity index (χ1) is 7.58. The van der Waals surface area contributed by atoms with E-state index in [1.807, 2.05) is 18.3 Å². The van der Waals surface area contributed by atoms with Crippen molar-refractivity contribution in [2.45, 2.75) is 20.1 Å². The Hall–Kier alpha value is -1.97. The SMILES string of the molecule is CC(=O)OC(C)n1ccc2ccc(O)cc21. The summed E-state index contributed by atoms with van der Waals surface area (Å²) in [5, 5.41) is 10.4. The molecule has 0 spiro atoms. The summed E-state index contributed by atoms with van der Waals surface area (Å²) in [7, 11) is 0. The third-order valence-electron chi connectivity index (χ3n) is 2.44. The highest BCUT2D eigenvalue weighted by Gasteiger charge is 2.10. The van der Waals surface area contributed by atoms with Gasteiger partial charge in [0.1, 0.15) is 5.75 Å². The summed E-state index contributed by atoms with van der Waals surface area (Å²) >= 11 is 0. The Kier molecular flexibility index (Phi) is 2.56. The van der Waals surface area contributed by atoms with E-state index in [0.717, 1.165) is 10.9 Å². The molecular weight excluding hydrogens is 206 g/mol. The highest BCUT2D eigenvalue weighted by atomic mass is 16.6. The summed E-state index contributed by atoms with van der Waals surface area (Å²) in [6, 6.07) is 7.01. The molecule has 1 N–H and O–H groups in total. The molecule has 0 aliphatic heterocycles. The van der Waals surface area contributed by atoms with E-state index in [4.69, 9.17) is 4.74 Å². The Balaban J connectivity index is 2.44. The maximum Gasteiger partial charge on any atom is 0.304 e. The number of ether oxygens (including phenoxy) is 1. The number of phenolic OH excluding ortho intramolecular Hbond substituents is 1. The molecule has 4 nitrogen and oxygen atoms in total. The van der Waals surface area contributed by atoms with Gasteiger partial charge in [0, 0.05) is 19.2 Å². The number of benzene rings is 1. The van der Waals surface area contributed by atoms with Crippen LogP contribution in [0.3, 0.4) is 0 Å². The second-order valence-corrected chi connectivity index (χ2v) is 3.67. The van der Waals surface area contributed by atoms with Crippen LogP contribution in [0.25, 0.3) is 10.9 Å². The average Bonchev–Trinajstić information content (AvgIpc) is 2.59. The fourth-order valence-corrected chi connectivity index (χ4v) is 1.75. The number of phenols is 1. The van der Waals surface area contributed by atoms with Crippen LogP contribution in [0.15, 0.2) is 30.5 Å². The van der Waals surface area contributed by atoms with Crippen LogP contribution in [0.4, 0.5) is 0 Å². The fraction of sp³-hybridized carbons (Fsp3) is 0.250. The molecule has 1 unspecified atom stereocenters. The monoisotopic (exact) mass is 219 g/mol. The van der Waals surface area contributed by atoms with Gasteiger partial charge in [-0.1, -0.05) is 0 Å². The molecule has 1 aromatic carbocycles. The first-order valence-electron chi connectivity index (χ1n) is 5.04. The van der Waals surface area contributed by atoms with Crippen LogP contribution >= 0.6 is 0 Å². The van der Waals surface area contributed by atoms with Crippen LogP contribution in [0.2, 0.25) is 0 Å². The van der Waals surface area contributed by atoms with Crippen LogP contribution in [0, 0.1) is 0 Å². The van der Waals surface area contributed by atoms with Crippen LogP contribution in [0.5, 0.6) is 5.75 Å². The Labute approximate surface area is 93.1 Å². The topological polar surface area (TPSA) is 51.5 Å². The molecule has 16 heavy (non-hydrogen) atoms. The van der Waals surface area contributed by atoms with Crippen LogP contribution in [-0.2, 0) is 9.53 Å². The molecule has 0 fully saturated rings. The number of aromatic nitrogens is 1. The number of carbonyl (C=O) groups is 1. The lowest BCUT2D eigenvalue weighted by Crippen LogP contribution is -2.11. The molecule has 84 valence electrons. The van der Waals surface area contributed by atoms with Crippen molar-refractivity contribution in [3.63, 3.8) is 0 Å². The fourth-order valence-electron chi connectivity index (χ4n) is 1.75. The van der Waals surface area contributed by atoms with Crippen molar-refractivity contribution in [3.8, 4) is 5.75 Å². The Morgan fingerprint density at radius 1 is 1.44 bits per heavy atom. The zero-order valence-corrected chi connectivity index (χ0v) is 9.18. The standard InChI is InChI=1S/C12H13NO3/c1-8(16-9(2)14)13-6-5-10-3-4-11(15)7-12(10)13/h3-8,15H,1-2H3. The predicted molar refractivity (Wildman–Crippen MR) is 60.1 cm³/mol. The summed E-state index contributed by atoms with van der Waals surface area (Å²) in [4.78, 5) is 10.9. The number of hydrogen-bond acceptors (Lipinski definition) is 3. The van der Waals surface area contributed by atoms with E-state index in [2.05, 4.69) is 0 Å². The number of nitrogens with zero attached hydrogens (tertiary/aromatic N) is 1. The molecule has 0 bridgehead atoms. The predicted octanol–water partition coefficient (Wildman–Crippen LogP) is 2.43. The van der Waals surface area contributed by atoms with Gasteiger partial charge in [0.05, 0.1) is 5.52 Å². The van der Waals surface area contributed by atoms with Gasteiger partial charge in [0.25, 0.3) is 0 Å². The van der Waals surface area contributed by atoms with Crippen molar-refractivity contribution in [2.24, 2.45) is 0 Å². The Morgan fingerprint density at radius 3 is 2.88 bits per heavy atom. The quantitative estimate of drug-likeness (QED) is 0.789. The van der Waals surface area contributed by atoms with Gasteiger partial charge in [0.15, 0.2) is 6.23 Å². The van der Waals surface area contributed by atoms with Crippen molar-refractivity contribution >= 4 is 16.9 Å². The molecule has 2 aromatic rings. The van der Waals surface area contributed by atoms with E-state index in [1.165, 1.54) is 6.92 Å². The van der Waals surface area contributed by atoms with E-state index in [0.29, 0.717) is 0 Å². The van der Waals surface area contributed by atoms with Crippen molar-refractivity contribution in [2.75, 3.05) is 0 Å². The van der Waals surface area contributed by atoms with Gasteiger partial charge in [-0.05, 0) is 30.5 Å². The molecule has 0 saturated heterocycles. The number of esters is 1. The maximum absolute atomic E-state index is 10.9. The normalized spacial score (nSPS) is 12.6. The molecule has 0 aliphatic rings. The Morgan fingerprint density at radius 2 is 2.19 bits per heavy atom.